The van der Waals surface area contributed by atoms with E-state index in [2.05, 4.69) is 10.6 Å². The van der Waals surface area contributed by atoms with Crippen LogP contribution in [0.5, 0.6) is 0 Å². The van der Waals surface area contributed by atoms with Gasteiger partial charge in [-0.15, -0.1) is 0 Å². The Morgan fingerprint density at radius 1 is 1.33 bits per heavy atom. The van der Waals surface area contributed by atoms with Crippen molar-refractivity contribution in [3.05, 3.63) is 18.2 Å². The van der Waals surface area contributed by atoms with Crippen molar-refractivity contribution in [1.29, 1.82) is 0 Å². The minimum Gasteiger partial charge on any atom is -0.444 e. The molecule has 1 aliphatic rings. The fraction of sp³-hybridized carbons (Fsp3) is 0.562. The molecule has 1 saturated heterocycles. The minimum atomic E-state index is -3.01. The van der Waals surface area contributed by atoms with E-state index in [4.69, 9.17) is 10.5 Å². The Morgan fingerprint density at radius 2 is 2.04 bits per heavy atom. The van der Waals surface area contributed by atoms with Crippen LogP contribution in [-0.2, 0) is 14.6 Å². The minimum absolute atomic E-state index is 0.0934. The number of nitrogens with two attached hydrogens (primary N) is 1. The van der Waals surface area contributed by atoms with Crippen molar-refractivity contribution >= 4 is 33.0 Å². The van der Waals surface area contributed by atoms with E-state index < -0.39 is 21.5 Å². The highest BCUT2D eigenvalue weighted by Crippen LogP contribution is 2.26. The zero-order valence-corrected chi connectivity index (χ0v) is 15.1. The predicted molar refractivity (Wildman–Crippen MR) is 96.0 cm³/mol. The van der Waals surface area contributed by atoms with Gasteiger partial charge in [-0.05, 0) is 51.8 Å². The Balaban J connectivity index is 2.07. The van der Waals surface area contributed by atoms with Crippen LogP contribution < -0.4 is 16.4 Å². The van der Waals surface area contributed by atoms with Crippen LogP contribution >= 0.6 is 0 Å². The molecule has 134 valence electrons. The molecule has 24 heavy (non-hydrogen) atoms. The van der Waals surface area contributed by atoms with E-state index in [1.165, 1.54) is 0 Å². The van der Waals surface area contributed by atoms with Crippen LogP contribution in [0.2, 0.25) is 0 Å². The maximum absolute atomic E-state index is 11.8. The maximum atomic E-state index is 11.8. The standard InChI is InChI=1S/C16H25N3O4S/c1-16(2,3)23-15(20)19-11-6-7-13(17)14(9-11)18-12-5-4-8-24(21,22)10-12/h6-7,9,12,18H,4-5,8,10,17H2,1-3H3,(H,19,20). The summed E-state index contributed by atoms with van der Waals surface area (Å²) in [6, 6.07) is 4.83. The van der Waals surface area contributed by atoms with Gasteiger partial charge < -0.3 is 15.8 Å². The van der Waals surface area contributed by atoms with Crippen molar-refractivity contribution in [2.75, 3.05) is 27.9 Å². The number of carbonyl (C=O) groups excluding carboxylic acids is 1. The molecule has 1 aromatic rings. The lowest BCUT2D eigenvalue weighted by Gasteiger charge is -2.25. The first-order chi connectivity index (χ1) is 11.0. The number of hydrogen-bond acceptors (Lipinski definition) is 6. The Hall–Kier alpha value is -1.96. The third-order valence-electron chi connectivity index (χ3n) is 3.52. The van der Waals surface area contributed by atoms with Gasteiger partial charge in [-0.25, -0.2) is 13.2 Å². The Labute approximate surface area is 142 Å². The Bertz CT molecular complexity index is 711. The first-order valence-electron chi connectivity index (χ1n) is 7.90. The molecule has 1 fully saturated rings. The SMILES string of the molecule is CC(C)(C)OC(=O)Nc1ccc(N)c(NC2CCCS(=O)(=O)C2)c1. The van der Waals surface area contributed by atoms with Gasteiger partial charge in [-0.1, -0.05) is 0 Å². The van der Waals surface area contributed by atoms with Crippen molar-refractivity contribution in [3.8, 4) is 0 Å². The molecular weight excluding hydrogens is 330 g/mol. The van der Waals surface area contributed by atoms with Crippen molar-refractivity contribution < 1.29 is 17.9 Å². The van der Waals surface area contributed by atoms with Crippen LogP contribution in [0.4, 0.5) is 21.9 Å². The summed E-state index contributed by atoms with van der Waals surface area (Å²) in [7, 11) is -3.01. The second-order valence-corrected chi connectivity index (χ2v) is 9.26. The summed E-state index contributed by atoms with van der Waals surface area (Å²) in [6.45, 7) is 5.35. The summed E-state index contributed by atoms with van der Waals surface area (Å²) in [4.78, 5) is 11.8. The van der Waals surface area contributed by atoms with E-state index >= 15 is 0 Å². The molecule has 8 heteroatoms. The fourth-order valence-corrected chi connectivity index (χ4v) is 4.17. The molecule has 0 bridgehead atoms. The van der Waals surface area contributed by atoms with Crippen molar-refractivity contribution in [3.63, 3.8) is 0 Å². The number of benzene rings is 1. The van der Waals surface area contributed by atoms with Gasteiger partial charge in [0.25, 0.3) is 0 Å². The number of ether oxygens (including phenoxy) is 1. The van der Waals surface area contributed by atoms with Gasteiger partial charge >= 0.3 is 6.09 Å². The number of nitrogens with one attached hydrogen (secondary N) is 2. The van der Waals surface area contributed by atoms with Gasteiger partial charge in [0.15, 0.2) is 9.84 Å². The monoisotopic (exact) mass is 355 g/mol. The summed E-state index contributed by atoms with van der Waals surface area (Å²) >= 11 is 0. The van der Waals surface area contributed by atoms with E-state index in [1.807, 2.05) is 0 Å². The van der Waals surface area contributed by atoms with E-state index in [1.54, 1.807) is 39.0 Å². The Kier molecular flexibility index (Phi) is 5.27. The summed E-state index contributed by atoms with van der Waals surface area (Å²) in [5, 5.41) is 5.81. The first kappa shape index (κ1) is 18.4. The van der Waals surface area contributed by atoms with Gasteiger partial charge in [0.1, 0.15) is 5.60 Å². The molecule has 1 amide bonds. The normalized spacial score (nSPS) is 20.2. The van der Waals surface area contributed by atoms with Gasteiger partial charge in [-0.3, -0.25) is 5.32 Å². The molecule has 0 spiro atoms. The van der Waals surface area contributed by atoms with Crippen LogP contribution in [-0.4, -0.2) is 37.7 Å². The zero-order chi connectivity index (χ0) is 18.0. The topological polar surface area (TPSA) is 111 Å². The molecule has 0 saturated carbocycles. The van der Waals surface area contributed by atoms with Crippen LogP contribution in [0.15, 0.2) is 18.2 Å². The lowest BCUT2D eigenvalue weighted by Crippen LogP contribution is -2.35. The van der Waals surface area contributed by atoms with E-state index in [-0.39, 0.29) is 17.5 Å². The van der Waals surface area contributed by atoms with Crippen LogP contribution in [0.25, 0.3) is 0 Å². The maximum Gasteiger partial charge on any atom is 0.412 e. The number of hydrogen-bond donors (Lipinski definition) is 3. The summed E-state index contributed by atoms with van der Waals surface area (Å²) in [6.07, 6.45) is 0.844. The molecule has 1 aromatic carbocycles. The molecule has 1 heterocycles. The molecule has 1 aliphatic heterocycles. The molecule has 7 nitrogen and oxygen atoms in total. The molecular formula is C16H25N3O4S. The number of nitrogen functional groups attached to an aromatic ring is 1. The number of carbonyl (C=O) groups is 1. The molecule has 2 rings (SSSR count). The van der Waals surface area contributed by atoms with E-state index in [0.717, 1.165) is 6.42 Å². The van der Waals surface area contributed by atoms with E-state index in [9.17, 15) is 13.2 Å². The predicted octanol–water partition coefficient (Wildman–Crippen LogP) is 2.60. The smallest absolute Gasteiger partial charge is 0.412 e. The molecule has 0 aromatic heterocycles. The highest BCUT2D eigenvalue weighted by atomic mass is 32.2. The summed E-state index contributed by atoms with van der Waals surface area (Å²) in [5.41, 5.74) is 6.99. The van der Waals surface area contributed by atoms with Crippen LogP contribution in [0, 0.1) is 0 Å². The number of sulfone groups is 1. The van der Waals surface area contributed by atoms with Gasteiger partial charge in [0, 0.05) is 11.7 Å². The molecule has 0 aliphatic carbocycles. The third-order valence-corrected chi connectivity index (χ3v) is 5.34. The largest absolute Gasteiger partial charge is 0.444 e. The molecule has 0 radical (unpaired) electrons. The molecule has 1 unspecified atom stereocenters. The van der Waals surface area contributed by atoms with Crippen LogP contribution in [0.1, 0.15) is 33.6 Å². The number of anilines is 3. The highest BCUT2D eigenvalue weighted by molar-refractivity contribution is 7.91. The second kappa shape index (κ2) is 6.88. The number of rotatable bonds is 3. The first-order valence-corrected chi connectivity index (χ1v) is 9.73. The fourth-order valence-electron chi connectivity index (χ4n) is 2.54. The van der Waals surface area contributed by atoms with Crippen molar-refractivity contribution in [2.24, 2.45) is 0 Å². The van der Waals surface area contributed by atoms with Crippen LogP contribution in [0.3, 0.4) is 0 Å². The molecule has 1 atom stereocenters. The van der Waals surface area contributed by atoms with Gasteiger partial charge in [0.05, 0.1) is 22.9 Å². The second-order valence-electron chi connectivity index (χ2n) is 7.03. The average Bonchev–Trinajstić information content (AvgIpc) is 2.39. The molecule has 4 N–H and O–H groups in total. The third kappa shape index (κ3) is 5.59. The lowest BCUT2D eigenvalue weighted by atomic mass is 10.1. The quantitative estimate of drug-likeness (QED) is 0.719. The van der Waals surface area contributed by atoms with Gasteiger partial charge in [0.2, 0.25) is 0 Å². The highest BCUT2D eigenvalue weighted by Gasteiger charge is 2.25. The summed E-state index contributed by atoms with van der Waals surface area (Å²) < 4.78 is 28.7. The average molecular weight is 355 g/mol. The number of amides is 1. The van der Waals surface area contributed by atoms with Gasteiger partial charge in [-0.2, -0.15) is 0 Å². The lowest BCUT2D eigenvalue weighted by molar-refractivity contribution is 0.0636. The van der Waals surface area contributed by atoms with Crippen molar-refractivity contribution in [2.45, 2.75) is 45.3 Å². The van der Waals surface area contributed by atoms with E-state index in [0.29, 0.717) is 23.5 Å². The van der Waals surface area contributed by atoms with Crippen molar-refractivity contribution in [1.82, 2.24) is 0 Å². The zero-order valence-electron chi connectivity index (χ0n) is 14.3. The Morgan fingerprint density at radius 3 is 2.67 bits per heavy atom. The summed E-state index contributed by atoms with van der Waals surface area (Å²) in [5.74, 6) is 0.330.